The molecule has 0 saturated carbocycles. The molecule has 2 aromatic rings. The summed E-state index contributed by atoms with van der Waals surface area (Å²) in [7, 11) is 0. The topological polar surface area (TPSA) is 105 Å². The van der Waals surface area contributed by atoms with E-state index in [-0.39, 0.29) is 26.4 Å². The smallest absolute Gasteiger partial charge is 0.314 e. The lowest BCUT2D eigenvalue weighted by atomic mass is 10.2. The van der Waals surface area contributed by atoms with Crippen LogP contribution in [0.25, 0.3) is 5.69 Å². The average Bonchev–Trinajstić information content (AvgIpc) is 3.24. The first-order valence-corrected chi connectivity index (χ1v) is 9.79. The molecule has 0 spiro atoms. The van der Waals surface area contributed by atoms with Crippen molar-refractivity contribution >= 4 is 29.4 Å². The molecule has 0 radical (unpaired) electrons. The number of aliphatic hydroxyl groups excluding tert-OH is 1. The Morgan fingerprint density at radius 2 is 2.00 bits per heavy atom. The summed E-state index contributed by atoms with van der Waals surface area (Å²) in [5, 5.41) is 18.4. The molecule has 1 aliphatic rings. The number of rotatable bonds is 7. The second-order valence-electron chi connectivity index (χ2n) is 6.06. The maximum absolute atomic E-state index is 12.3. The Labute approximate surface area is 161 Å². The number of aliphatic hydroxyl groups is 1. The van der Waals surface area contributed by atoms with Crippen LogP contribution in [0.3, 0.4) is 0 Å². The summed E-state index contributed by atoms with van der Waals surface area (Å²) < 4.78 is 6.73. The summed E-state index contributed by atoms with van der Waals surface area (Å²) in [5.74, 6) is 0.582. The molecule has 8 nitrogen and oxygen atoms in total. The third-order valence-electron chi connectivity index (χ3n) is 4.04. The largest absolute Gasteiger partial charge is 0.394 e. The minimum Gasteiger partial charge on any atom is -0.394 e. The highest BCUT2D eigenvalue weighted by Gasteiger charge is 2.26. The predicted molar refractivity (Wildman–Crippen MR) is 103 cm³/mol. The third-order valence-corrected chi connectivity index (χ3v) is 5.01. The molecule has 1 aromatic carbocycles. The molecule has 2 heterocycles. The van der Waals surface area contributed by atoms with Crippen molar-refractivity contribution in [3.05, 3.63) is 41.1 Å². The van der Waals surface area contributed by atoms with E-state index in [2.05, 4.69) is 15.7 Å². The number of hydrogen-bond donors (Lipinski definition) is 3. The molecule has 0 aliphatic carbocycles. The molecule has 0 atom stereocenters. The number of anilines is 1. The van der Waals surface area contributed by atoms with Crippen LogP contribution in [0.5, 0.6) is 0 Å². The summed E-state index contributed by atoms with van der Waals surface area (Å²) in [6, 6.07) is 7.81. The number of aryl methyl sites for hydroxylation is 1. The van der Waals surface area contributed by atoms with Gasteiger partial charge in [-0.15, -0.1) is 0 Å². The number of ether oxygens (including phenoxy) is 1. The van der Waals surface area contributed by atoms with Gasteiger partial charge in [-0.05, 0) is 19.1 Å². The number of carbonyl (C=O) groups excluding carboxylic acids is 2. The number of nitrogens with one attached hydrogen (secondary N) is 2. The monoisotopic (exact) mass is 390 g/mol. The van der Waals surface area contributed by atoms with E-state index in [4.69, 9.17) is 9.84 Å². The van der Waals surface area contributed by atoms with Crippen molar-refractivity contribution in [2.45, 2.75) is 18.4 Å². The van der Waals surface area contributed by atoms with Gasteiger partial charge < -0.3 is 20.5 Å². The summed E-state index contributed by atoms with van der Waals surface area (Å²) in [5.41, 5.74) is 3.83. The van der Waals surface area contributed by atoms with Gasteiger partial charge in [0, 0.05) is 23.6 Å². The highest BCUT2D eigenvalue weighted by Crippen LogP contribution is 2.36. The van der Waals surface area contributed by atoms with E-state index in [1.807, 2.05) is 31.2 Å². The van der Waals surface area contributed by atoms with Gasteiger partial charge in [0.1, 0.15) is 5.82 Å². The molecule has 0 bridgehead atoms. The van der Waals surface area contributed by atoms with E-state index >= 15 is 0 Å². The van der Waals surface area contributed by atoms with Gasteiger partial charge in [0.15, 0.2) is 0 Å². The van der Waals surface area contributed by atoms with Gasteiger partial charge in [0.25, 0.3) is 0 Å². The number of benzene rings is 1. The fourth-order valence-electron chi connectivity index (χ4n) is 2.66. The van der Waals surface area contributed by atoms with E-state index in [1.165, 1.54) is 0 Å². The van der Waals surface area contributed by atoms with Gasteiger partial charge in [0.05, 0.1) is 31.2 Å². The fraction of sp³-hybridized carbons (Fsp3) is 0.389. The zero-order chi connectivity index (χ0) is 19.2. The van der Waals surface area contributed by atoms with Crippen LogP contribution >= 0.6 is 11.8 Å². The molecule has 9 heteroatoms. The second kappa shape index (κ2) is 9.03. The molecule has 144 valence electrons. The number of nitrogens with zero attached hydrogens (tertiary/aromatic N) is 2. The van der Waals surface area contributed by atoms with Gasteiger partial charge in [0.2, 0.25) is 0 Å². The third kappa shape index (κ3) is 4.68. The summed E-state index contributed by atoms with van der Waals surface area (Å²) in [6.07, 6.45) is 0. The molecule has 3 rings (SSSR count). The first-order chi connectivity index (χ1) is 13.1. The van der Waals surface area contributed by atoms with Crippen molar-refractivity contribution in [3.8, 4) is 5.69 Å². The minimum atomic E-state index is -0.745. The van der Waals surface area contributed by atoms with Crippen LogP contribution in [0.4, 0.5) is 5.82 Å². The fourth-order valence-corrected chi connectivity index (χ4v) is 3.70. The van der Waals surface area contributed by atoms with Crippen molar-refractivity contribution in [2.24, 2.45) is 0 Å². The zero-order valence-corrected chi connectivity index (χ0v) is 15.8. The Morgan fingerprint density at radius 3 is 2.74 bits per heavy atom. The van der Waals surface area contributed by atoms with Crippen molar-refractivity contribution in [2.75, 3.05) is 31.7 Å². The maximum Gasteiger partial charge on any atom is 0.314 e. The Morgan fingerprint density at radius 1 is 1.22 bits per heavy atom. The van der Waals surface area contributed by atoms with Crippen molar-refractivity contribution in [3.63, 3.8) is 0 Å². The zero-order valence-electron chi connectivity index (χ0n) is 15.0. The lowest BCUT2D eigenvalue weighted by Gasteiger charge is -2.11. The quantitative estimate of drug-likeness (QED) is 0.481. The van der Waals surface area contributed by atoms with E-state index in [0.717, 1.165) is 34.0 Å². The van der Waals surface area contributed by atoms with E-state index in [1.54, 1.807) is 16.4 Å². The Bertz CT molecular complexity index is 820. The van der Waals surface area contributed by atoms with Crippen LogP contribution in [0, 0.1) is 6.92 Å². The van der Waals surface area contributed by atoms with Crippen LogP contribution in [-0.2, 0) is 25.8 Å². The summed E-state index contributed by atoms with van der Waals surface area (Å²) in [6.45, 7) is 2.54. The number of thioether (sulfide) groups is 1. The highest BCUT2D eigenvalue weighted by atomic mass is 32.2. The summed E-state index contributed by atoms with van der Waals surface area (Å²) in [4.78, 5) is 24.3. The SMILES string of the molecule is Cc1ccc(-n2nc3c(c2NC(=O)C(=O)NCCOCCO)CSC3)cc1. The van der Waals surface area contributed by atoms with Gasteiger partial charge in [-0.2, -0.15) is 16.9 Å². The summed E-state index contributed by atoms with van der Waals surface area (Å²) >= 11 is 1.72. The Hall–Kier alpha value is -2.36. The van der Waals surface area contributed by atoms with Crippen LogP contribution in [-0.4, -0.2) is 53.1 Å². The lowest BCUT2D eigenvalue weighted by Crippen LogP contribution is -2.37. The molecule has 27 heavy (non-hydrogen) atoms. The second-order valence-corrected chi connectivity index (χ2v) is 7.05. The molecule has 2 amide bonds. The van der Waals surface area contributed by atoms with Crippen LogP contribution in [0.15, 0.2) is 24.3 Å². The van der Waals surface area contributed by atoms with Crippen molar-refractivity contribution < 1.29 is 19.4 Å². The number of carbonyl (C=O) groups is 2. The normalized spacial score (nSPS) is 12.7. The van der Waals surface area contributed by atoms with Crippen LogP contribution < -0.4 is 10.6 Å². The standard InChI is InChI=1S/C18H22N4O4S/c1-12-2-4-13(5-3-12)22-16(14-10-27-11-15(14)21-22)20-18(25)17(24)19-6-8-26-9-7-23/h2-5,23H,6-11H2,1H3,(H,19,24)(H,20,25). The molecular formula is C18H22N4O4S. The van der Waals surface area contributed by atoms with Gasteiger partial charge >= 0.3 is 11.8 Å². The number of fused-ring (bicyclic) bond motifs is 1. The van der Waals surface area contributed by atoms with Crippen molar-refractivity contribution in [1.29, 1.82) is 0 Å². The molecule has 1 aliphatic heterocycles. The van der Waals surface area contributed by atoms with E-state index < -0.39 is 11.8 Å². The molecule has 1 aromatic heterocycles. The first kappa shape index (κ1) is 19.4. The molecular weight excluding hydrogens is 368 g/mol. The van der Waals surface area contributed by atoms with Crippen molar-refractivity contribution in [1.82, 2.24) is 15.1 Å². The molecule has 0 unspecified atom stereocenters. The molecule has 3 N–H and O–H groups in total. The highest BCUT2D eigenvalue weighted by molar-refractivity contribution is 7.98. The first-order valence-electron chi connectivity index (χ1n) is 8.63. The van der Waals surface area contributed by atoms with E-state index in [9.17, 15) is 9.59 Å². The number of aromatic nitrogens is 2. The van der Waals surface area contributed by atoms with Gasteiger partial charge in [-0.3, -0.25) is 9.59 Å². The number of hydrogen-bond acceptors (Lipinski definition) is 6. The van der Waals surface area contributed by atoms with Crippen LogP contribution in [0.1, 0.15) is 16.8 Å². The van der Waals surface area contributed by atoms with Crippen LogP contribution in [0.2, 0.25) is 0 Å². The molecule has 0 fully saturated rings. The Kier molecular flexibility index (Phi) is 6.49. The number of amides is 2. The minimum absolute atomic E-state index is 0.0828. The lowest BCUT2D eigenvalue weighted by molar-refractivity contribution is -0.136. The molecule has 0 saturated heterocycles. The predicted octanol–water partition coefficient (Wildman–Crippen LogP) is 0.991. The maximum atomic E-state index is 12.3. The van der Waals surface area contributed by atoms with E-state index in [0.29, 0.717) is 5.82 Å². The van der Waals surface area contributed by atoms with Gasteiger partial charge in [-0.25, -0.2) is 4.68 Å². The Balaban J connectivity index is 1.71. The van der Waals surface area contributed by atoms with Gasteiger partial charge in [-0.1, -0.05) is 17.7 Å². The average molecular weight is 390 g/mol.